The third-order valence-electron chi connectivity index (χ3n) is 3.40. The Labute approximate surface area is 123 Å². The van der Waals surface area contributed by atoms with Gasteiger partial charge in [-0.2, -0.15) is 0 Å². The topological polar surface area (TPSA) is 64.3 Å². The number of para-hydroxylation sites is 2. The number of anilines is 3. The summed E-state index contributed by atoms with van der Waals surface area (Å²) in [5.74, 6) is 1.58. The van der Waals surface area contributed by atoms with Gasteiger partial charge in [0.1, 0.15) is 17.9 Å². The number of nitrogens with zero attached hydrogens (tertiary/aromatic N) is 3. The van der Waals surface area contributed by atoms with Crippen LogP contribution in [-0.4, -0.2) is 24.1 Å². The molecular formula is C16H16N4O. The van der Waals surface area contributed by atoms with Crippen molar-refractivity contribution in [3.63, 3.8) is 0 Å². The summed E-state index contributed by atoms with van der Waals surface area (Å²) >= 11 is 0. The lowest BCUT2D eigenvalue weighted by Crippen LogP contribution is -2.13. The minimum absolute atomic E-state index is 0.687. The first-order valence-corrected chi connectivity index (χ1v) is 6.57. The highest BCUT2D eigenvalue weighted by atomic mass is 16.5. The van der Waals surface area contributed by atoms with Crippen LogP contribution in [0.2, 0.25) is 0 Å². The van der Waals surface area contributed by atoms with Crippen LogP contribution in [0.25, 0.3) is 10.9 Å². The summed E-state index contributed by atoms with van der Waals surface area (Å²) < 4.78 is 5.41. The number of ether oxygens (including phenoxy) is 1. The van der Waals surface area contributed by atoms with Crippen molar-refractivity contribution in [1.29, 1.82) is 0 Å². The zero-order valence-corrected chi connectivity index (χ0v) is 11.9. The molecule has 5 heteroatoms. The average Bonchev–Trinajstić information content (AvgIpc) is 2.53. The van der Waals surface area contributed by atoms with Crippen molar-refractivity contribution in [1.82, 2.24) is 9.97 Å². The van der Waals surface area contributed by atoms with Gasteiger partial charge >= 0.3 is 0 Å². The van der Waals surface area contributed by atoms with Gasteiger partial charge in [-0.15, -0.1) is 0 Å². The molecule has 2 aromatic carbocycles. The van der Waals surface area contributed by atoms with E-state index in [1.54, 1.807) is 13.4 Å². The summed E-state index contributed by atoms with van der Waals surface area (Å²) in [5.41, 5.74) is 8.37. The molecule has 2 N–H and O–H groups in total. The normalized spacial score (nSPS) is 10.6. The minimum atomic E-state index is 0.687. The quantitative estimate of drug-likeness (QED) is 0.747. The van der Waals surface area contributed by atoms with Gasteiger partial charge in [-0.3, -0.25) is 0 Å². The number of rotatable bonds is 3. The Morgan fingerprint density at radius 3 is 2.71 bits per heavy atom. The molecule has 0 aliphatic heterocycles. The fraction of sp³-hybridized carbons (Fsp3) is 0.125. The monoisotopic (exact) mass is 280 g/mol. The molecule has 3 aromatic rings. The van der Waals surface area contributed by atoms with Crippen LogP contribution >= 0.6 is 0 Å². The minimum Gasteiger partial charge on any atom is -0.495 e. The molecule has 1 aromatic heterocycles. The van der Waals surface area contributed by atoms with E-state index in [1.165, 1.54) is 0 Å². The van der Waals surface area contributed by atoms with Gasteiger partial charge in [0.15, 0.2) is 0 Å². The zero-order valence-electron chi connectivity index (χ0n) is 11.9. The van der Waals surface area contributed by atoms with E-state index in [4.69, 9.17) is 10.5 Å². The molecule has 0 radical (unpaired) electrons. The van der Waals surface area contributed by atoms with Gasteiger partial charge in [0.2, 0.25) is 0 Å². The standard InChI is InChI=1S/C16H16N4O/c1-20(14-5-3-4-6-15(14)21-2)16-12-9-11(17)7-8-13(12)18-10-19-16/h3-10H,17H2,1-2H3. The summed E-state index contributed by atoms with van der Waals surface area (Å²) in [7, 11) is 3.60. The number of aromatic nitrogens is 2. The Hall–Kier alpha value is -2.82. The second kappa shape index (κ2) is 5.28. The Bertz CT molecular complexity index is 788. The van der Waals surface area contributed by atoms with Crippen molar-refractivity contribution in [3.05, 3.63) is 48.8 Å². The fourth-order valence-electron chi connectivity index (χ4n) is 2.35. The lowest BCUT2D eigenvalue weighted by atomic mass is 10.2. The zero-order chi connectivity index (χ0) is 14.8. The first kappa shape index (κ1) is 13.2. The van der Waals surface area contributed by atoms with Crippen LogP contribution in [0.4, 0.5) is 17.2 Å². The van der Waals surface area contributed by atoms with Crippen LogP contribution in [0.3, 0.4) is 0 Å². The van der Waals surface area contributed by atoms with Gasteiger partial charge in [0.25, 0.3) is 0 Å². The molecule has 0 aliphatic rings. The third-order valence-corrected chi connectivity index (χ3v) is 3.40. The van der Waals surface area contributed by atoms with Crippen molar-refractivity contribution in [3.8, 4) is 5.75 Å². The Balaban J connectivity index is 2.17. The maximum Gasteiger partial charge on any atom is 0.144 e. The van der Waals surface area contributed by atoms with Crippen LogP contribution in [0.15, 0.2) is 48.8 Å². The molecule has 0 fully saturated rings. The van der Waals surface area contributed by atoms with Gasteiger partial charge in [0, 0.05) is 18.1 Å². The smallest absolute Gasteiger partial charge is 0.144 e. The second-order valence-electron chi connectivity index (χ2n) is 4.70. The molecule has 0 atom stereocenters. The highest BCUT2D eigenvalue weighted by Crippen LogP contribution is 2.34. The van der Waals surface area contributed by atoms with E-state index in [0.29, 0.717) is 5.69 Å². The van der Waals surface area contributed by atoms with Gasteiger partial charge in [-0.05, 0) is 30.3 Å². The first-order chi connectivity index (χ1) is 10.2. The lowest BCUT2D eigenvalue weighted by molar-refractivity contribution is 0.415. The van der Waals surface area contributed by atoms with E-state index < -0.39 is 0 Å². The molecule has 0 bridgehead atoms. The molecule has 0 saturated heterocycles. The van der Waals surface area contributed by atoms with E-state index in [2.05, 4.69) is 9.97 Å². The van der Waals surface area contributed by atoms with Crippen molar-refractivity contribution >= 4 is 28.1 Å². The number of methoxy groups -OCH3 is 1. The van der Waals surface area contributed by atoms with Gasteiger partial charge in [-0.1, -0.05) is 12.1 Å². The predicted molar refractivity (Wildman–Crippen MR) is 85.0 cm³/mol. The molecule has 0 spiro atoms. The Kier molecular flexibility index (Phi) is 3.31. The number of nitrogen functional groups attached to an aromatic ring is 1. The molecule has 21 heavy (non-hydrogen) atoms. The molecule has 5 nitrogen and oxygen atoms in total. The van der Waals surface area contributed by atoms with Gasteiger partial charge in [-0.25, -0.2) is 9.97 Å². The summed E-state index contributed by atoms with van der Waals surface area (Å²) in [6.45, 7) is 0. The van der Waals surface area contributed by atoms with Crippen molar-refractivity contribution < 1.29 is 4.74 Å². The number of hydrogen-bond donors (Lipinski definition) is 1. The van der Waals surface area contributed by atoms with E-state index in [-0.39, 0.29) is 0 Å². The first-order valence-electron chi connectivity index (χ1n) is 6.57. The maximum absolute atomic E-state index is 5.89. The highest BCUT2D eigenvalue weighted by Gasteiger charge is 2.14. The molecule has 3 rings (SSSR count). The molecule has 0 unspecified atom stereocenters. The van der Waals surface area contributed by atoms with Gasteiger partial charge in [0.05, 0.1) is 18.3 Å². The van der Waals surface area contributed by atoms with E-state index in [0.717, 1.165) is 28.2 Å². The van der Waals surface area contributed by atoms with Crippen molar-refractivity contribution in [2.45, 2.75) is 0 Å². The number of hydrogen-bond acceptors (Lipinski definition) is 5. The maximum atomic E-state index is 5.89. The van der Waals surface area contributed by atoms with Crippen molar-refractivity contribution in [2.75, 3.05) is 24.8 Å². The van der Waals surface area contributed by atoms with E-state index in [1.807, 2.05) is 54.4 Å². The van der Waals surface area contributed by atoms with Crippen LogP contribution in [0.5, 0.6) is 5.75 Å². The van der Waals surface area contributed by atoms with Gasteiger partial charge < -0.3 is 15.4 Å². The van der Waals surface area contributed by atoms with Crippen molar-refractivity contribution in [2.24, 2.45) is 0 Å². The summed E-state index contributed by atoms with van der Waals surface area (Å²) in [4.78, 5) is 10.7. The number of fused-ring (bicyclic) bond motifs is 1. The number of benzene rings is 2. The summed E-state index contributed by atoms with van der Waals surface area (Å²) in [5, 5.41) is 0.908. The molecule has 0 amide bonds. The van der Waals surface area contributed by atoms with Crippen LogP contribution in [0.1, 0.15) is 0 Å². The van der Waals surface area contributed by atoms with Crippen LogP contribution in [0, 0.1) is 0 Å². The largest absolute Gasteiger partial charge is 0.495 e. The third kappa shape index (κ3) is 2.33. The SMILES string of the molecule is COc1ccccc1N(C)c1ncnc2ccc(N)cc12. The average molecular weight is 280 g/mol. The number of nitrogens with two attached hydrogens (primary N) is 1. The second-order valence-corrected chi connectivity index (χ2v) is 4.70. The van der Waals surface area contributed by atoms with E-state index >= 15 is 0 Å². The molecule has 106 valence electrons. The summed E-state index contributed by atoms with van der Waals surface area (Å²) in [6.07, 6.45) is 1.56. The summed E-state index contributed by atoms with van der Waals surface area (Å²) in [6, 6.07) is 13.4. The molecule has 0 saturated carbocycles. The highest BCUT2D eigenvalue weighted by molar-refractivity contribution is 5.93. The van der Waals surface area contributed by atoms with Crippen LogP contribution in [-0.2, 0) is 0 Å². The predicted octanol–water partition coefficient (Wildman–Crippen LogP) is 2.99. The Morgan fingerprint density at radius 2 is 1.90 bits per heavy atom. The van der Waals surface area contributed by atoms with Crippen LogP contribution < -0.4 is 15.4 Å². The van der Waals surface area contributed by atoms with E-state index in [9.17, 15) is 0 Å². The molecule has 0 aliphatic carbocycles. The fourth-order valence-corrected chi connectivity index (χ4v) is 2.35. The molecule has 1 heterocycles. The molecular weight excluding hydrogens is 264 g/mol. The Morgan fingerprint density at radius 1 is 1.10 bits per heavy atom. The lowest BCUT2D eigenvalue weighted by Gasteiger charge is -2.21.